The second-order valence-corrected chi connectivity index (χ2v) is 7.52. The quantitative estimate of drug-likeness (QED) is 0.902. The predicted molar refractivity (Wildman–Crippen MR) is 98.1 cm³/mol. The van der Waals surface area contributed by atoms with Gasteiger partial charge in [0.1, 0.15) is 0 Å². The van der Waals surface area contributed by atoms with Crippen molar-refractivity contribution in [3.63, 3.8) is 0 Å². The van der Waals surface area contributed by atoms with E-state index >= 15 is 0 Å². The minimum Gasteiger partial charge on any atom is -0.352 e. The molecule has 1 amide bonds. The first-order valence-corrected chi connectivity index (χ1v) is 9.49. The van der Waals surface area contributed by atoms with Crippen LogP contribution >= 0.6 is 0 Å². The fourth-order valence-electron chi connectivity index (χ4n) is 3.90. The number of nitrogens with one attached hydrogen (secondary N) is 1. The highest BCUT2D eigenvalue weighted by molar-refractivity contribution is 5.94. The van der Waals surface area contributed by atoms with E-state index in [9.17, 15) is 4.79 Å². The number of nitrogens with zero attached hydrogens (tertiary/aromatic N) is 2. The zero-order chi connectivity index (χ0) is 16.8. The normalized spacial score (nSPS) is 23.1. The summed E-state index contributed by atoms with van der Waals surface area (Å²) in [6.07, 6.45) is 6.50. The van der Waals surface area contributed by atoms with Gasteiger partial charge in [-0.05, 0) is 69.6 Å². The van der Waals surface area contributed by atoms with Crippen molar-refractivity contribution in [2.24, 2.45) is 5.92 Å². The van der Waals surface area contributed by atoms with Crippen LogP contribution in [0.3, 0.4) is 0 Å². The summed E-state index contributed by atoms with van der Waals surface area (Å²) in [6.45, 7) is 6.37. The number of benzene rings is 1. The summed E-state index contributed by atoms with van der Waals surface area (Å²) in [6, 6.07) is 8.17. The van der Waals surface area contributed by atoms with E-state index in [4.69, 9.17) is 0 Å². The molecule has 2 fully saturated rings. The van der Waals surface area contributed by atoms with Gasteiger partial charge in [-0.25, -0.2) is 0 Å². The molecule has 1 aromatic carbocycles. The smallest absolute Gasteiger partial charge is 0.251 e. The molecule has 0 spiro atoms. The molecule has 2 aliphatic rings. The fraction of sp³-hybridized carbons (Fsp3) is 0.650. The van der Waals surface area contributed by atoms with Gasteiger partial charge in [-0.1, -0.05) is 25.0 Å². The van der Waals surface area contributed by atoms with E-state index in [-0.39, 0.29) is 5.91 Å². The molecule has 1 N–H and O–H groups in total. The van der Waals surface area contributed by atoms with Gasteiger partial charge >= 0.3 is 0 Å². The SMILES string of the molecule is CN1CC[C@@H](CNC(=O)c2cccc(CN3CCCCCC3)c2)C1. The summed E-state index contributed by atoms with van der Waals surface area (Å²) in [5, 5.41) is 3.12. The summed E-state index contributed by atoms with van der Waals surface area (Å²) in [4.78, 5) is 17.3. The van der Waals surface area contributed by atoms with Crippen molar-refractivity contribution in [3.8, 4) is 0 Å². The van der Waals surface area contributed by atoms with E-state index in [1.54, 1.807) is 0 Å². The molecule has 0 radical (unpaired) electrons. The largest absolute Gasteiger partial charge is 0.352 e. The highest BCUT2D eigenvalue weighted by Crippen LogP contribution is 2.15. The molecule has 4 nitrogen and oxygen atoms in total. The van der Waals surface area contributed by atoms with Crippen LogP contribution in [0.2, 0.25) is 0 Å². The second-order valence-electron chi connectivity index (χ2n) is 7.52. The number of hydrogen-bond acceptors (Lipinski definition) is 3. The van der Waals surface area contributed by atoms with Gasteiger partial charge in [0.2, 0.25) is 0 Å². The Bertz CT molecular complexity index is 537. The van der Waals surface area contributed by atoms with Crippen LogP contribution in [0.5, 0.6) is 0 Å². The zero-order valence-electron chi connectivity index (χ0n) is 15.0. The van der Waals surface area contributed by atoms with E-state index < -0.39 is 0 Å². The number of hydrogen-bond donors (Lipinski definition) is 1. The molecule has 1 atom stereocenters. The second kappa shape index (κ2) is 8.63. The molecule has 0 saturated carbocycles. The van der Waals surface area contributed by atoms with Gasteiger partial charge in [0.15, 0.2) is 0 Å². The van der Waals surface area contributed by atoms with E-state index in [2.05, 4.69) is 34.3 Å². The Morgan fingerprint density at radius 3 is 2.67 bits per heavy atom. The van der Waals surface area contributed by atoms with Crippen LogP contribution in [0.15, 0.2) is 24.3 Å². The summed E-state index contributed by atoms with van der Waals surface area (Å²) in [5.41, 5.74) is 2.05. The predicted octanol–water partition coefficient (Wildman–Crippen LogP) is 2.74. The molecule has 24 heavy (non-hydrogen) atoms. The van der Waals surface area contributed by atoms with Crippen LogP contribution < -0.4 is 5.32 Å². The Labute approximate surface area is 146 Å². The molecule has 132 valence electrons. The number of carbonyl (C=O) groups is 1. The zero-order valence-corrected chi connectivity index (χ0v) is 15.0. The lowest BCUT2D eigenvalue weighted by Crippen LogP contribution is -2.30. The Balaban J connectivity index is 1.52. The van der Waals surface area contributed by atoms with Crippen LogP contribution in [0.4, 0.5) is 0 Å². The Kier molecular flexibility index (Phi) is 6.27. The lowest BCUT2D eigenvalue weighted by Gasteiger charge is -2.20. The van der Waals surface area contributed by atoms with Crippen LogP contribution in [-0.4, -0.2) is 55.5 Å². The van der Waals surface area contributed by atoms with Crippen molar-refractivity contribution >= 4 is 5.91 Å². The van der Waals surface area contributed by atoms with E-state index in [1.165, 1.54) is 50.8 Å². The highest BCUT2D eigenvalue weighted by Gasteiger charge is 2.20. The molecule has 2 heterocycles. The fourth-order valence-corrected chi connectivity index (χ4v) is 3.90. The summed E-state index contributed by atoms with van der Waals surface area (Å²) in [5.74, 6) is 0.668. The van der Waals surface area contributed by atoms with E-state index in [1.807, 2.05) is 12.1 Å². The van der Waals surface area contributed by atoms with E-state index in [0.29, 0.717) is 5.92 Å². The average Bonchev–Trinajstić information content (AvgIpc) is 2.84. The first-order chi connectivity index (χ1) is 11.7. The molecule has 0 unspecified atom stereocenters. The van der Waals surface area contributed by atoms with Gasteiger partial charge in [0.25, 0.3) is 5.91 Å². The highest BCUT2D eigenvalue weighted by atomic mass is 16.1. The maximum atomic E-state index is 12.4. The van der Waals surface area contributed by atoms with Gasteiger partial charge in [-0.2, -0.15) is 0 Å². The molecule has 2 aliphatic heterocycles. The first-order valence-electron chi connectivity index (χ1n) is 9.49. The van der Waals surface area contributed by atoms with Crippen molar-refractivity contribution in [1.29, 1.82) is 0 Å². The van der Waals surface area contributed by atoms with Crippen molar-refractivity contribution in [3.05, 3.63) is 35.4 Å². The van der Waals surface area contributed by atoms with Gasteiger partial charge in [0.05, 0.1) is 0 Å². The molecule has 2 saturated heterocycles. The number of likely N-dealkylation sites (tertiary alicyclic amines) is 2. The van der Waals surface area contributed by atoms with Crippen molar-refractivity contribution in [2.45, 2.75) is 38.6 Å². The lowest BCUT2D eigenvalue weighted by atomic mass is 10.1. The van der Waals surface area contributed by atoms with Crippen molar-refractivity contribution in [1.82, 2.24) is 15.1 Å². The monoisotopic (exact) mass is 329 g/mol. The van der Waals surface area contributed by atoms with Gasteiger partial charge in [-0.15, -0.1) is 0 Å². The molecule has 1 aromatic rings. The number of amides is 1. The summed E-state index contributed by atoms with van der Waals surface area (Å²) >= 11 is 0. The molecule has 3 rings (SSSR count). The topological polar surface area (TPSA) is 35.6 Å². The molecule has 0 aliphatic carbocycles. The minimum atomic E-state index is 0.0715. The average molecular weight is 329 g/mol. The maximum absolute atomic E-state index is 12.4. The Hall–Kier alpha value is -1.39. The molecular formula is C20H31N3O. The minimum absolute atomic E-state index is 0.0715. The van der Waals surface area contributed by atoms with Crippen LogP contribution in [0.25, 0.3) is 0 Å². The van der Waals surface area contributed by atoms with E-state index in [0.717, 1.165) is 31.7 Å². The molecule has 4 heteroatoms. The Morgan fingerprint density at radius 1 is 1.17 bits per heavy atom. The van der Waals surface area contributed by atoms with Crippen LogP contribution in [-0.2, 0) is 6.54 Å². The maximum Gasteiger partial charge on any atom is 0.251 e. The standard InChI is InChI=1S/C20H31N3O/c1-22-12-9-18(15-22)14-21-20(24)19-8-6-7-17(13-19)16-23-10-4-2-3-5-11-23/h6-8,13,18H,2-5,9-12,14-16H2,1H3,(H,21,24)/t18-/m0/s1. The lowest BCUT2D eigenvalue weighted by molar-refractivity contribution is 0.0947. The van der Waals surface area contributed by atoms with Gasteiger partial charge in [-0.3, -0.25) is 9.69 Å². The van der Waals surface area contributed by atoms with Crippen molar-refractivity contribution in [2.75, 3.05) is 39.8 Å². The summed E-state index contributed by atoms with van der Waals surface area (Å²) in [7, 11) is 2.15. The van der Waals surface area contributed by atoms with Crippen molar-refractivity contribution < 1.29 is 4.79 Å². The third-order valence-electron chi connectivity index (χ3n) is 5.33. The molecule has 0 bridgehead atoms. The van der Waals surface area contributed by atoms with Gasteiger partial charge < -0.3 is 10.2 Å². The van der Waals surface area contributed by atoms with Crippen LogP contribution in [0.1, 0.15) is 48.0 Å². The third kappa shape index (κ3) is 5.05. The van der Waals surface area contributed by atoms with Gasteiger partial charge in [0, 0.05) is 25.2 Å². The first kappa shape index (κ1) is 17.4. The molecule has 0 aromatic heterocycles. The molecular weight excluding hydrogens is 298 g/mol. The Morgan fingerprint density at radius 2 is 1.96 bits per heavy atom. The summed E-state index contributed by atoms with van der Waals surface area (Å²) < 4.78 is 0. The van der Waals surface area contributed by atoms with Crippen LogP contribution in [0, 0.1) is 5.92 Å². The number of rotatable bonds is 5. The third-order valence-corrected chi connectivity index (χ3v) is 5.33. The number of carbonyl (C=O) groups excluding carboxylic acids is 1.